The van der Waals surface area contributed by atoms with Crippen LogP contribution in [0.3, 0.4) is 0 Å². The number of benzene rings is 1. The number of hydrogen-bond acceptors (Lipinski definition) is 9. The number of ether oxygens (including phenoxy) is 2. The van der Waals surface area contributed by atoms with Gasteiger partial charge in [-0.25, -0.2) is 14.6 Å². The van der Waals surface area contributed by atoms with Crippen molar-refractivity contribution in [3.63, 3.8) is 0 Å². The van der Waals surface area contributed by atoms with Crippen molar-refractivity contribution >= 4 is 53.2 Å². The normalized spacial score (nSPS) is 12.6. The number of alkyl carbamates (subject to hydrolysis) is 2. The fraction of sp³-hybridized carbons (Fsp3) is 0.472. The molecule has 0 unspecified atom stereocenters. The summed E-state index contributed by atoms with van der Waals surface area (Å²) in [6, 6.07) is 6.57. The molecule has 14 heteroatoms. The summed E-state index contributed by atoms with van der Waals surface area (Å²) < 4.78 is 10.6. The lowest BCUT2D eigenvalue weighted by Gasteiger charge is -2.23. The van der Waals surface area contributed by atoms with E-state index in [1.54, 1.807) is 83.0 Å². The van der Waals surface area contributed by atoms with Crippen molar-refractivity contribution in [3.8, 4) is 0 Å². The van der Waals surface area contributed by atoms with Crippen LogP contribution in [0.5, 0.6) is 0 Å². The van der Waals surface area contributed by atoms with Crippen LogP contribution in [0.2, 0.25) is 0 Å². The third-order valence-corrected chi connectivity index (χ3v) is 6.76. The average Bonchev–Trinajstić information content (AvgIpc) is 3.19. The van der Waals surface area contributed by atoms with E-state index in [-0.39, 0.29) is 36.8 Å². The summed E-state index contributed by atoms with van der Waals surface area (Å²) in [6.07, 6.45) is 5.00. The fourth-order valence-corrected chi connectivity index (χ4v) is 4.78. The summed E-state index contributed by atoms with van der Waals surface area (Å²) >= 11 is 0. The number of anilines is 1. The van der Waals surface area contributed by atoms with Gasteiger partial charge in [0.05, 0.1) is 17.6 Å². The number of aromatic nitrogens is 1. The Bertz CT molecular complexity index is 1630. The van der Waals surface area contributed by atoms with Crippen molar-refractivity contribution in [2.75, 3.05) is 25.0 Å². The van der Waals surface area contributed by atoms with Crippen LogP contribution >= 0.6 is 0 Å². The predicted molar refractivity (Wildman–Crippen MR) is 191 cm³/mol. The van der Waals surface area contributed by atoms with Gasteiger partial charge < -0.3 is 30.3 Å². The van der Waals surface area contributed by atoms with Crippen LogP contribution in [0.1, 0.15) is 96.1 Å². The van der Waals surface area contributed by atoms with Gasteiger partial charge in [0.1, 0.15) is 23.6 Å². The molecular formula is C36H49N7O7. The Labute approximate surface area is 293 Å². The molecule has 5 amide bonds. The van der Waals surface area contributed by atoms with E-state index in [4.69, 9.17) is 9.47 Å². The smallest absolute Gasteiger partial charge is 0.413 e. The van der Waals surface area contributed by atoms with Crippen LogP contribution in [-0.2, 0) is 25.6 Å². The van der Waals surface area contributed by atoms with Crippen molar-refractivity contribution in [3.05, 3.63) is 58.9 Å². The highest BCUT2D eigenvalue weighted by atomic mass is 16.6. The Morgan fingerprint density at radius 1 is 0.840 bits per heavy atom. The molecule has 0 saturated heterocycles. The number of nitrogens with zero attached hydrogens (tertiary/aromatic N) is 3. The van der Waals surface area contributed by atoms with Crippen LogP contribution in [0, 0.1) is 0 Å². The van der Waals surface area contributed by atoms with Crippen molar-refractivity contribution < 1.29 is 33.4 Å². The van der Waals surface area contributed by atoms with E-state index in [2.05, 4.69) is 31.2 Å². The van der Waals surface area contributed by atoms with Crippen LogP contribution < -0.4 is 21.3 Å². The first-order valence-electron chi connectivity index (χ1n) is 16.7. The molecular weight excluding hydrogens is 642 g/mol. The topological polar surface area (TPSA) is 180 Å². The van der Waals surface area contributed by atoms with Crippen LogP contribution in [-0.4, -0.2) is 76.5 Å². The number of hydrogen-bond donors (Lipinski definition) is 4. The molecule has 0 saturated carbocycles. The first-order valence-corrected chi connectivity index (χ1v) is 16.7. The summed E-state index contributed by atoms with van der Waals surface area (Å²) in [6.45, 7) is 15.5. The number of amidine groups is 1. The van der Waals surface area contributed by atoms with Crippen molar-refractivity contribution in [1.82, 2.24) is 25.8 Å². The number of carbonyl (C=O) groups is 5. The molecule has 0 fully saturated rings. The highest BCUT2D eigenvalue weighted by Gasteiger charge is 2.25. The van der Waals surface area contributed by atoms with Crippen LogP contribution in [0.25, 0.3) is 6.08 Å². The molecule has 0 radical (unpaired) electrons. The fourth-order valence-electron chi connectivity index (χ4n) is 4.78. The summed E-state index contributed by atoms with van der Waals surface area (Å²) in [5, 5.41) is 10.6. The maximum Gasteiger partial charge on any atom is 0.413 e. The van der Waals surface area contributed by atoms with E-state index in [0.717, 1.165) is 12.8 Å². The maximum absolute atomic E-state index is 13.6. The van der Waals surface area contributed by atoms with Crippen LogP contribution in [0.15, 0.2) is 47.2 Å². The summed E-state index contributed by atoms with van der Waals surface area (Å²) in [4.78, 5) is 74.4. The maximum atomic E-state index is 13.6. The third kappa shape index (κ3) is 13.0. The second-order valence-corrected chi connectivity index (χ2v) is 13.8. The summed E-state index contributed by atoms with van der Waals surface area (Å²) in [7, 11) is 0. The van der Waals surface area contributed by atoms with Crippen LogP contribution in [0.4, 0.5) is 21.0 Å². The number of aliphatic imine (C=N–C) groups is 1. The van der Waals surface area contributed by atoms with Gasteiger partial charge in [-0.2, -0.15) is 0 Å². The molecule has 2 aromatic rings. The number of nitrogens with one attached hydrogen (secondary N) is 4. The van der Waals surface area contributed by atoms with Crippen molar-refractivity contribution in [2.24, 2.45) is 4.99 Å². The number of rotatable bonds is 11. The van der Waals surface area contributed by atoms with E-state index in [1.165, 1.54) is 6.20 Å². The van der Waals surface area contributed by atoms with E-state index in [1.807, 2.05) is 13.8 Å². The zero-order valence-corrected chi connectivity index (χ0v) is 30.2. The highest BCUT2D eigenvalue weighted by Crippen LogP contribution is 2.29. The van der Waals surface area contributed by atoms with E-state index < -0.39 is 35.2 Å². The molecule has 4 N–H and O–H groups in total. The predicted octanol–water partition coefficient (Wildman–Crippen LogP) is 5.47. The minimum Gasteiger partial charge on any atom is -0.444 e. The van der Waals surface area contributed by atoms with Gasteiger partial charge in [-0.05, 0) is 84.2 Å². The van der Waals surface area contributed by atoms with Gasteiger partial charge in [-0.1, -0.05) is 19.9 Å². The Morgan fingerprint density at radius 3 is 2.14 bits per heavy atom. The molecule has 1 aromatic carbocycles. The lowest BCUT2D eigenvalue weighted by molar-refractivity contribution is -0.127. The van der Waals surface area contributed by atoms with Crippen molar-refractivity contribution in [1.29, 1.82) is 0 Å². The first kappa shape index (κ1) is 39.2. The zero-order valence-electron chi connectivity index (χ0n) is 30.2. The Balaban J connectivity index is 1.78. The minimum absolute atomic E-state index is 0.0598. The largest absolute Gasteiger partial charge is 0.444 e. The standard InChI is InChI=1S/C36H49N7O7/c1-9-13-43(14-10-2)32(46)26-16-24-11-12-25(17-28(24)41-29(18-26)42-34(48)50-36(6,7)8)31(45)40-27-15-23(19-37-21-27)20-38-30(44)22-39-33(47)49-35(3,4)5/h11-12,15-17,19,21H,9-10,13-14,18,20,22H2,1-8H3,(H,38,44)(H,39,47)(H,40,45)(H,41,42,48). The lowest BCUT2D eigenvalue weighted by atomic mass is 10.0. The second kappa shape index (κ2) is 17.4. The molecule has 0 aliphatic carbocycles. The molecule has 1 aliphatic heterocycles. The number of carbonyl (C=O) groups excluding carboxylic acids is 5. The van der Waals surface area contributed by atoms with E-state index >= 15 is 0 Å². The highest BCUT2D eigenvalue weighted by molar-refractivity contribution is 6.10. The number of fused-ring (bicyclic) bond motifs is 1. The lowest BCUT2D eigenvalue weighted by Crippen LogP contribution is -2.39. The van der Waals surface area contributed by atoms with Gasteiger partial charge in [-0.3, -0.25) is 24.7 Å². The molecule has 14 nitrogen and oxygen atoms in total. The molecule has 270 valence electrons. The van der Waals surface area contributed by atoms with Gasteiger partial charge in [0.2, 0.25) is 11.8 Å². The summed E-state index contributed by atoms with van der Waals surface area (Å²) in [5.74, 6) is -0.817. The molecule has 0 atom stereocenters. The average molecular weight is 692 g/mol. The van der Waals surface area contributed by atoms with Gasteiger partial charge in [0.15, 0.2) is 0 Å². The number of pyridine rings is 1. The first-order chi connectivity index (χ1) is 23.5. The Morgan fingerprint density at radius 2 is 1.50 bits per heavy atom. The second-order valence-electron chi connectivity index (χ2n) is 13.8. The monoisotopic (exact) mass is 691 g/mol. The molecule has 2 heterocycles. The molecule has 0 spiro atoms. The minimum atomic E-state index is -0.747. The third-order valence-electron chi connectivity index (χ3n) is 6.76. The molecule has 1 aliphatic rings. The molecule has 1 aromatic heterocycles. The Kier molecular flexibility index (Phi) is 13.6. The van der Waals surface area contributed by atoms with Gasteiger partial charge >= 0.3 is 12.2 Å². The van der Waals surface area contributed by atoms with Crippen molar-refractivity contribution in [2.45, 2.75) is 92.4 Å². The summed E-state index contributed by atoms with van der Waals surface area (Å²) in [5.41, 5.74) is 1.29. The molecule has 3 rings (SSSR count). The van der Waals surface area contributed by atoms with Gasteiger partial charge in [0, 0.05) is 49.0 Å². The van der Waals surface area contributed by atoms with E-state index in [0.29, 0.717) is 41.2 Å². The van der Waals surface area contributed by atoms with Gasteiger partial charge in [0.25, 0.3) is 5.91 Å². The van der Waals surface area contributed by atoms with Gasteiger partial charge in [-0.15, -0.1) is 0 Å². The zero-order chi connectivity index (χ0) is 37.1. The quantitative estimate of drug-likeness (QED) is 0.240. The Hall–Kier alpha value is -5.27. The van der Waals surface area contributed by atoms with E-state index in [9.17, 15) is 24.0 Å². The SMILES string of the molecule is CCCN(CCC)C(=O)C1=Cc2ccc(C(=O)Nc3cncc(CNC(=O)CNC(=O)OC(C)(C)C)c3)cc2N=C(NC(=O)OC(C)(C)C)C1. The molecule has 0 bridgehead atoms. The molecule has 50 heavy (non-hydrogen) atoms. The number of amides is 5.